The number of thioether (sulfide) groups is 1. The van der Waals surface area contributed by atoms with Crippen molar-refractivity contribution in [2.24, 2.45) is 0 Å². The zero-order valence-electron chi connectivity index (χ0n) is 18.9. The number of para-hydroxylation sites is 1. The van der Waals surface area contributed by atoms with Crippen molar-refractivity contribution in [2.45, 2.75) is 18.5 Å². The van der Waals surface area contributed by atoms with E-state index in [1.807, 2.05) is 55.5 Å². The van der Waals surface area contributed by atoms with Gasteiger partial charge in [-0.05, 0) is 60.9 Å². The molecule has 0 saturated heterocycles. The van der Waals surface area contributed by atoms with Crippen molar-refractivity contribution >= 4 is 40.2 Å². The number of nitrogens with zero attached hydrogens (tertiary/aromatic N) is 2. The number of benzene rings is 3. The van der Waals surface area contributed by atoms with Gasteiger partial charge in [0, 0.05) is 11.6 Å². The monoisotopic (exact) mass is 493 g/mol. The Hall–Kier alpha value is -3.29. The molecular weight excluding hydrogens is 470 g/mol. The maximum atomic E-state index is 13.4. The number of amides is 1. The predicted molar refractivity (Wildman–Crippen MR) is 138 cm³/mol. The van der Waals surface area contributed by atoms with E-state index in [2.05, 4.69) is 10.3 Å². The molecule has 0 radical (unpaired) electrons. The number of hydrogen-bond acceptors (Lipinski definition) is 5. The average molecular weight is 494 g/mol. The molecule has 0 aliphatic rings. The minimum absolute atomic E-state index is 0.121. The number of carbonyl (C=O) groups excluding carboxylic acids is 1. The van der Waals surface area contributed by atoms with Gasteiger partial charge in [0.25, 0.3) is 5.56 Å². The molecule has 0 saturated carbocycles. The first kappa shape index (κ1) is 23.9. The number of aryl methyl sites for hydroxylation is 1. The van der Waals surface area contributed by atoms with Gasteiger partial charge in [-0.2, -0.15) is 0 Å². The summed E-state index contributed by atoms with van der Waals surface area (Å²) < 4.78 is 6.91. The summed E-state index contributed by atoms with van der Waals surface area (Å²) in [4.78, 5) is 30.6. The van der Waals surface area contributed by atoms with Gasteiger partial charge in [-0.1, -0.05) is 53.7 Å². The van der Waals surface area contributed by atoms with Crippen LogP contribution in [-0.2, 0) is 11.2 Å². The second-order valence-electron chi connectivity index (χ2n) is 7.74. The zero-order valence-corrected chi connectivity index (χ0v) is 20.4. The Morgan fingerprint density at radius 1 is 1.12 bits per heavy atom. The van der Waals surface area contributed by atoms with Gasteiger partial charge in [0.2, 0.25) is 5.91 Å². The van der Waals surface area contributed by atoms with Crippen molar-refractivity contribution < 1.29 is 9.53 Å². The molecular formula is C26H24ClN3O3S. The molecule has 0 spiro atoms. The molecule has 0 bridgehead atoms. The number of ether oxygens (including phenoxy) is 1. The van der Waals surface area contributed by atoms with Gasteiger partial charge in [-0.25, -0.2) is 4.98 Å². The first-order chi connectivity index (χ1) is 16.5. The third-order valence-electron chi connectivity index (χ3n) is 5.30. The number of carbonyl (C=O) groups is 1. The van der Waals surface area contributed by atoms with Crippen LogP contribution in [0.5, 0.6) is 5.75 Å². The number of methoxy groups -OCH3 is 1. The van der Waals surface area contributed by atoms with Gasteiger partial charge in [-0.15, -0.1) is 0 Å². The van der Waals surface area contributed by atoms with Crippen LogP contribution in [0.4, 0.5) is 0 Å². The number of hydrogen-bond donors (Lipinski definition) is 1. The summed E-state index contributed by atoms with van der Waals surface area (Å²) in [5.74, 6) is 0.777. The standard InChI is InChI=1S/C26H24ClN3O3S/c1-17-6-5-8-20(14-17)30-25(32)21-11-10-19(27)15-22(21)29-26(30)34-16-24(31)28-13-12-18-7-3-4-9-23(18)33-2/h3-11,14-15H,12-13,16H2,1-2H3,(H,28,31). The van der Waals surface area contributed by atoms with Gasteiger partial charge >= 0.3 is 0 Å². The molecule has 0 atom stereocenters. The quantitative estimate of drug-likeness (QED) is 0.282. The minimum atomic E-state index is -0.202. The number of fused-ring (bicyclic) bond motifs is 1. The second kappa shape index (κ2) is 10.8. The third-order valence-corrected chi connectivity index (χ3v) is 6.48. The van der Waals surface area contributed by atoms with E-state index in [1.54, 1.807) is 29.9 Å². The third kappa shape index (κ3) is 5.43. The van der Waals surface area contributed by atoms with Crippen molar-refractivity contribution in [1.29, 1.82) is 0 Å². The van der Waals surface area contributed by atoms with Gasteiger partial charge in [0.05, 0.1) is 29.5 Å². The SMILES string of the molecule is COc1ccccc1CCNC(=O)CSc1nc2cc(Cl)ccc2c(=O)n1-c1cccc(C)c1. The molecule has 34 heavy (non-hydrogen) atoms. The molecule has 0 fully saturated rings. The Morgan fingerprint density at radius 2 is 1.94 bits per heavy atom. The first-order valence-corrected chi connectivity index (χ1v) is 12.1. The van der Waals surface area contributed by atoms with Crippen LogP contribution in [0.25, 0.3) is 16.6 Å². The highest BCUT2D eigenvalue weighted by Gasteiger charge is 2.15. The van der Waals surface area contributed by atoms with Crippen LogP contribution in [0.1, 0.15) is 11.1 Å². The second-order valence-corrected chi connectivity index (χ2v) is 9.11. The van der Waals surface area contributed by atoms with E-state index in [9.17, 15) is 9.59 Å². The summed E-state index contributed by atoms with van der Waals surface area (Å²) in [6.07, 6.45) is 0.654. The molecule has 174 valence electrons. The van der Waals surface area contributed by atoms with Crippen LogP contribution in [0.3, 0.4) is 0 Å². The molecule has 1 heterocycles. The van der Waals surface area contributed by atoms with Crippen molar-refractivity contribution in [3.63, 3.8) is 0 Å². The van der Waals surface area contributed by atoms with E-state index in [-0.39, 0.29) is 17.2 Å². The summed E-state index contributed by atoms with van der Waals surface area (Å²) >= 11 is 7.35. The summed E-state index contributed by atoms with van der Waals surface area (Å²) in [5.41, 5.74) is 3.05. The van der Waals surface area contributed by atoms with Crippen molar-refractivity contribution in [3.05, 3.63) is 93.2 Å². The molecule has 8 heteroatoms. The van der Waals surface area contributed by atoms with E-state index in [0.717, 1.165) is 16.9 Å². The molecule has 0 aliphatic carbocycles. The van der Waals surface area contributed by atoms with Crippen LogP contribution in [0, 0.1) is 6.92 Å². The van der Waals surface area contributed by atoms with Crippen LogP contribution < -0.4 is 15.6 Å². The number of rotatable bonds is 8. The van der Waals surface area contributed by atoms with E-state index in [4.69, 9.17) is 16.3 Å². The van der Waals surface area contributed by atoms with Crippen molar-refractivity contribution in [3.8, 4) is 11.4 Å². The Balaban J connectivity index is 1.54. The molecule has 0 aliphatic heterocycles. The lowest BCUT2D eigenvalue weighted by Gasteiger charge is -2.14. The molecule has 3 aromatic carbocycles. The predicted octanol–water partition coefficient (Wildman–Crippen LogP) is 4.81. The van der Waals surface area contributed by atoms with Gasteiger partial charge in [-0.3, -0.25) is 14.2 Å². The van der Waals surface area contributed by atoms with E-state index < -0.39 is 0 Å². The number of halogens is 1. The molecule has 1 amide bonds. The van der Waals surface area contributed by atoms with Gasteiger partial charge < -0.3 is 10.1 Å². The first-order valence-electron chi connectivity index (χ1n) is 10.8. The largest absolute Gasteiger partial charge is 0.496 e. The normalized spacial score (nSPS) is 10.9. The van der Waals surface area contributed by atoms with Crippen LogP contribution in [0.15, 0.2) is 76.7 Å². The molecule has 1 N–H and O–H groups in total. The summed E-state index contributed by atoms with van der Waals surface area (Å²) in [5, 5.41) is 4.33. The average Bonchev–Trinajstić information content (AvgIpc) is 2.83. The highest BCUT2D eigenvalue weighted by Crippen LogP contribution is 2.23. The summed E-state index contributed by atoms with van der Waals surface area (Å²) in [7, 11) is 1.63. The fourth-order valence-corrected chi connectivity index (χ4v) is 4.67. The zero-order chi connectivity index (χ0) is 24.1. The van der Waals surface area contributed by atoms with Gasteiger partial charge in [0.15, 0.2) is 5.16 Å². The molecule has 4 aromatic rings. The summed E-state index contributed by atoms with van der Waals surface area (Å²) in [6, 6.07) is 20.4. The highest BCUT2D eigenvalue weighted by atomic mass is 35.5. The molecule has 0 unspecified atom stereocenters. The molecule has 1 aromatic heterocycles. The maximum Gasteiger partial charge on any atom is 0.266 e. The Kier molecular flexibility index (Phi) is 7.55. The van der Waals surface area contributed by atoms with Crippen LogP contribution >= 0.6 is 23.4 Å². The Bertz CT molecular complexity index is 1400. The lowest BCUT2D eigenvalue weighted by Crippen LogP contribution is -2.28. The van der Waals surface area contributed by atoms with Crippen LogP contribution in [-0.4, -0.2) is 34.9 Å². The molecule has 4 rings (SSSR count). The van der Waals surface area contributed by atoms with Crippen LogP contribution in [0.2, 0.25) is 5.02 Å². The smallest absolute Gasteiger partial charge is 0.266 e. The van der Waals surface area contributed by atoms with Crippen molar-refractivity contribution in [2.75, 3.05) is 19.4 Å². The van der Waals surface area contributed by atoms with E-state index in [0.29, 0.717) is 39.7 Å². The maximum absolute atomic E-state index is 13.4. The lowest BCUT2D eigenvalue weighted by atomic mass is 10.1. The van der Waals surface area contributed by atoms with E-state index >= 15 is 0 Å². The lowest BCUT2D eigenvalue weighted by molar-refractivity contribution is -0.118. The fourth-order valence-electron chi connectivity index (χ4n) is 3.66. The number of aromatic nitrogens is 2. The van der Waals surface area contributed by atoms with Gasteiger partial charge in [0.1, 0.15) is 5.75 Å². The Labute approximate surface area is 206 Å². The summed E-state index contributed by atoms with van der Waals surface area (Å²) in [6.45, 7) is 2.44. The topological polar surface area (TPSA) is 73.2 Å². The fraction of sp³-hybridized carbons (Fsp3) is 0.192. The minimum Gasteiger partial charge on any atom is -0.496 e. The highest BCUT2D eigenvalue weighted by molar-refractivity contribution is 7.99. The van der Waals surface area contributed by atoms with Crippen molar-refractivity contribution in [1.82, 2.24) is 14.9 Å². The molecule has 6 nitrogen and oxygen atoms in total. The Morgan fingerprint density at radius 3 is 2.74 bits per heavy atom. The van der Waals surface area contributed by atoms with E-state index in [1.165, 1.54) is 11.8 Å². The number of nitrogens with one attached hydrogen (secondary N) is 1.